The highest BCUT2D eigenvalue weighted by molar-refractivity contribution is 5.82. The molecule has 0 unspecified atom stereocenters. The number of ether oxygens (including phenoxy) is 2. The molecule has 0 spiro atoms. The lowest BCUT2D eigenvalue weighted by molar-refractivity contribution is -0.153. The van der Waals surface area contributed by atoms with Gasteiger partial charge in [-0.2, -0.15) is 13.2 Å². The number of alkyl halides is 3. The molecule has 5 nitrogen and oxygen atoms in total. The second-order valence-electron chi connectivity index (χ2n) is 7.79. The van der Waals surface area contributed by atoms with E-state index >= 15 is 0 Å². The smallest absolute Gasteiger partial charge is 0.422 e. The second kappa shape index (κ2) is 9.84. The monoisotopic (exact) mass is 424 g/mol. The summed E-state index contributed by atoms with van der Waals surface area (Å²) in [6.45, 7) is 7.13. The number of benzene rings is 2. The third kappa shape index (κ3) is 8.32. The summed E-state index contributed by atoms with van der Waals surface area (Å²) in [6.07, 6.45) is -3.50. The molecule has 1 aromatic heterocycles. The molecule has 3 aromatic rings. The van der Waals surface area contributed by atoms with Gasteiger partial charge in [-0.25, -0.2) is 0 Å². The summed E-state index contributed by atoms with van der Waals surface area (Å²) in [5.74, 6) is 0.788. The van der Waals surface area contributed by atoms with Gasteiger partial charge in [0.15, 0.2) is 12.2 Å². The maximum Gasteiger partial charge on any atom is 0.422 e. The zero-order valence-corrected chi connectivity index (χ0v) is 17.5. The van der Waals surface area contributed by atoms with Gasteiger partial charge in [-0.15, -0.1) is 0 Å². The van der Waals surface area contributed by atoms with Gasteiger partial charge in [0, 0.05) is 5.54 Å². The topological polar surface area (TPSA) is 70.5 Å². The van der Waals surface area contributed by atoms with Crippen molar-refractivity contribution in [3.63, 3.8) is 0 Å². The van der Waals surface area contributed by atoms with Crippen LogP contribution in [0.5, 0.6) is 11.6 Å². The van der Waals surface area contributed by atoms with Crippen LogP contribution in [-0.2, 0) is 0 Å². The number of aromatic nitrogens is 1. The number of hydrogen-bond acceptors (Lipinski definition) is 5. The summed E-state index contributed by atoms with van der Waals surface area (Å²) in [5.41, 5.74) is 8.55. The fraction of sp³-hybridized carbons (Fsp3) is 0.409. The molecule has 0 saturated carbocycles. The zero-order chi connectivity index (χ0) is 22.4. The van der Waals surface area contributed by atoms with E-state index in [-0.39, 0.29) is 11.3 Å². The largest absolute Gasteiger partial charge is 0.484 e. The van der Waals surface area contributed by atoms with Crippen molar-refractivity contribution in [2.45, 2.75) is 45.8 Å². The SMILES string of the molecule is Cc1ccc(OCC(F)(F)F)cc1.Cc1ccc2onc(OCCC(C)(C)N)c2c1. The van der Waals surface area contributed by atoms with E-state index < -0.39 is 12.8 Å². The Balaban J connectivity index is 0.000000222. The summed E-state index contributed by atoms with van der Waals surface area (Å²) in [4.78, 5) is 0. The van der Waals surface area contributed by atoms with Crippen LogP contribution in [0.15, 0.2) is 47.0 Å². The first-order valence-electron chi connectivity index (χ1n) is 9.47. The standard InChI is InChI=1S/C13H18N2O2.C9H9F3O/c1-9-4-5-11-10(8-9)12(15-17-11)16-7-6-13(2,3)14;1-7-2-4-8(5-3-7)13-6-9(10,11)12/h4-5,8H,6-7,14H2,1-3H3;2-5H,6H2,1H3. The third-order valence-corrected chi connectivity index (χ3v) is 4.00. The summed E-state index contributed by atoms with van der Waals surface area (Å²) < 4.78 is 50.4. The molecule has 0 aliphatic carbocycles. The quantitative estimate of drug-likeness (QED) is 0.559. The van der Waals surface area contributed by atoms with E-state index in [1.54, 1.807) is 12.1 Å². The Morgan fingerprint density at radius 1 is 0.967 bits per heavy atom. The van der Waals surface area contributed by atoms with Crippen molar-refractivity contribution in [3.05, 3.63) is 53.6 Å². The van der Waals surface area contributed by atoms with Gasteiger partial charge in [0.2, 0.25) is 0 Å². The number of fused-ring (bicyclic) bond motifs is 1. The molecule has 164 valence electrons. The van der Waals surface area contributed by atoms with Gasteiger partial charge in [0.1, 0.15) is 5.75 Å². The van der Waals surface area contributed by atoms with Gasteiger partial charge < -0.3 is 19.7 Å². The average Bonchev–Trinajstić information content (AvgIpc) is 3.02. The molecule has 0 bridgehead atoms. The van der Waals surface area contributed by atoms with Gasteiger partial charge in [-0.05, 0) is 63.5 Å². The van der Waals surface area contributed by atoms with E-state index in [0.29, 0.717) is 12.5 Å². The van der Waals surface area contributed by atoms with Crippen molar-refractivity contribution in [2.24, 2.45) is 5.73 Å². The lowest BCUT2D eigenvalue weighted by Gasteiger charge is -2.17. The molecule has 2 N–H and O–H groups in total. The molecular weight excluding hydrogens is 397 g/mol. The Morgan fingerprint density at radius 3 is 2.20 bits per heavy atom. The van der Waals surface area contributed by atoms with Gasteiger partial charge >= 0.3 is 6.18 Å². The predicted octanol–water partition coefficient (Wildman–Crippen LogP) is 5.58. The Morgan fingerprint density at radius 2 is 1.60 bits per heavy atom. The Labute approximate surface area is 173 Å². The lowest BCUT2D eigenvalue weighted by Crippen LogP contribution is -2.33. The molecule has 1 heterocycles. The normalized spacial score (nSPS) is 11.7. The van der Waals surface area contributed by atoms with Crippen molar-refractivity contribution in [2.75, 3.05) is 13.2 Å². The fourth-order valence-electron chi connectivity index (χ4n) is 2.34. The van der Waals surface area contributed by atoms with E-state index in [4.69, 9.17) is 15.0 Å². The molecule has 8 heteroatoms. The van der Waals surface area contributed by atoms with Gasteiger partial charge in [0.25, 0.3) is 5.88 Å². The van der Waals surface area contributed by atoms with Crippen LogP contribution in [0.25, 0.3) is 11.0 Å². The minimum Gasteiger partial charge on any atom is -0.484 e. The van der Waals surface area contributed by atoms with Crippen molar-refractivity contribution in [1.82, 2.24) is 5.16 Å². The van der Waals surface area contributed by atoms with E-state index in [2.05, 4.69) is 9.89 Å². The van der Waals surface area contributed by atoms with Gasteiger partial charge in [0.05, 0.1) is 12.0 Å². The molecule has 0 aliphatic heterocycles. The predicted molar refractivity (Wildman–Crippen MR) is 110 cm³/mol. The number of halogens is 3. The summed E-state index contributed by atoms with van der Waals surface area (Å²) in [5, 5.41) is 4.83. The van der Waals surface area contributed by atoms with Crippen LogP contribution in [0.4, 0.5) is 13.2 Å². The number of nitrogens with zero attached hydrogens (tertiary/aromatic N) is 1. The third-order valence-electron chi connectivity index (χ3n) is 4.00. The molecule has 0 atom stereocenters. The lowest BCUT2D eigenvalue weighted by atomic mass is 10.0. The molecular formula is C22H27F3N2O3. The number of aryl methyl sites for hydroxylation is 2. The van der Waals surface area contributed by atoms with Crippen LogP contribution in [0.1, 0.15) is 31.4 Å². The molecule has 0 saturated heterocycles. The Kier molecular flexibility index (Phi) is 7.72. The summed E-state index contributed by atoms with van der Waals surface area (Å²) in [6, 6.07) is 12.3. The molecule has 0 aliphatic rings. The molecule has 3 rings (SSSR count). The van der Waals surface area contributed by atoms with Crippen LogP contribution in [-0.4, -0.2) is 30.1 Å². The highest BCUT2D eigenvalue weighted by atomic mass is 19.4. The average molecular weight is 424 g/mol. The fourth-order valence-corrected chi connectivity index (χ4v) is 2.34. The van der Waals surface area contributed by atoms with Crippen LogP contribution in [0.3, 0.4) is 0 Å². The summed E-state index contributed by atoms with van der Waals surface area (Å²) >= 11 is 0. The minimum absolute atomic E-state index is 0.227. The Bertz CT molecular complexity index is 929. The van der Waals surface area contributed by atoms with Crippen LogP contribution in [0, 0.1) is 13.8 Å². The van der Waals surface area contributed by atoms with Crippen molar-refractivity contribution in [3.8, 4) is 11.6 Å². The number of hydrogen-bond donors (Lipinski definition) is 1. The van der Waals surface area contributed by atoms with E-state index in [1.807, 2.05) is 45.9 Å². The highest BCUT2D eigenvalue weighted by Crippen LogP contribution is 2.26. The van der Waals surface area contributed by atoms with Crippen molar-refractivity contribution >= 4 is 11.0 Å². The highest BCUT2D eigenvalue weighted by Gasteiger charge is 2.28. The van der Waals surface area contributed by atoms with Gasteiger partial charge in [-0.1, -0.05) is 29.3 Å². The first-order chi connectivity index (χ1) is 13.9. The Hall–Kier alpha value is -2.74. The minimum atomic E-state index is -4.27. The molecule has 0 amide bonds. The summed E-state index contributed by atoms with van der Waals surface area (Å²) in [7, 11) is 0. The number of nitrogens with two attached hydrogens (primary N) is 1. The molecule has 0 fully saturated rings. The van der Waals surface area contributed by atoms with Crippen LogP contribution in [0.2, 0.25) is 0 Å². The van der Waals surface area contributed by atoms with Gasteiger partial charge in [-0.3, -0.25) is 0 Å². The maximum atomic E-state index is 11.7. The van der Waals surface area contributed by atoms with E-state index in [0.717, 1.165) is 28.5 Å². The second-order valence-corrected chi connectivity index (χ2v) is 7.79. The maximum absolute atomic E-state index is 11.7. The number of rotatable bonds is 6. The molecule has 0 radical (unpaired) electrons. The van der Waals surface area contributed by atoms with Crippen molar-refractivity contribution in [1.29, 1.82) is 0 Å². The van der Waals surface area contributed by atoms with Crippen LogP contribution >= 0.6 is 0 Å². The van der Waals surface area contributed by atoms with Crippen molar-refractivity contribution < 1.29 is 27.2 Å². The first-order valence-corrected chi connectivity index (χ1v) is 9.47. The first kappa shape index (κ1) is 23.5. The van der Waals surface area contributed by atoms with Crippen LogP contribution < -0.4 is 15.2 Å². The van der Waals surface area contributed by atoms with E-state index in [1.165, 1.54) is 12.1 Å². The zero-order valence-electron chi connectivity index (χ0n) is 17.5. The molecule has 2 aromatic carbocycles. The molecule has 30 heavy (non-hydrogen) atoms. The van der Waals surface area contributed by atoms with E-state index in [9.17, 15) is 13.2 Å².